The zero-order chi connectivity index (χ0) is 15.2. The molecule has 0 aliphatic carbocycles. The lowest BCUT2D eigenvalue weighted by molar-refractivity contribution is 0.190. The fourth-order valence-electron chi connectivity index (χ4n) is 3.68. The van der Waals surface area contributed by atoms with E-state index in [0.29, 0.717) is 12.0 Å². The Labute approximate surface area is 130 Å². The Kier molecular flexibility index (Phi) is 6.22. The molecule has 0 amide bonds. The maximum absolute atomic E-state index is 3.49. The van der Waals surface area contributed by atoms with E-state index < -0.39 is 0 Å². The molecule has 1 saturated heterocycles. The van der Waals surface area contributed by atoms with E-state index in [2.05, 4.69) is 73.5 Å². The molecule has 2 rings (SSSR count). The summed E-state index contributed by atoms with van der Waals surface area (Å²) in [5.74, 6) is 0.592. The van der Waals surface area contributed by atoms with Gasteiger partial charge < -0.3 is 15.1 Å². The lowest BCUT2D eigenvalue weighted by atomic mass is 9.94. The first kappa shape index (κ1) is 16.5. The molecule has 3 unspecified atom stereocenters. The highest BCUT2D eigenvalue weighted by molar-refractivity contribution is 5.19. The van der Waals surface area contributed by atoms with Gasteiger partial charge in [-0.05, 0) is 52.0 Å². The molecule has 1 aromatic carbocycles. The van der Waals surface area contributed by atoms with Gasteiger partial charge in [0.1, 0.15) is 0 Å². The van der Waals surface area contributed by atoms with Crippen LogP contribution < -0.4 is 5.32 Å². The van der Waals surface area contributed by atoms with Gasteiger partial charge in [-0.3, -0.25) is 0 Å². The van der Waals surface area contributed by atoms with E-state index in [0.717, 1.165) is 12.6 Å². The highest BCUT2D eigenvalue weighted by atomic mass is 15.2. The fraction of sp³-hybridized carbons (Fsp3) is 0.667. The van der Waals surface area contributed by atoms with Crippen LogP contribution in [0.1, 0.15) is 31.4 Å². The second-order valence-electron chi connectivity index (χ2n) is 6.65. The second-order valence-corrected chi connectivity index (χ2v) is 6.65. The molecule has 1 N–H and O–H groups in total. The van der Waals surface area contributed by atoms with Gasteiger partial charge >= 0.3 is 0 Å². The van der Waals surface area contributed by atoms with Crippen LogP contribution in [0.3, 0.4) is 0 Å². The molecule has 21 heavy (non-hydrogen) atoms. The summed E-state index contributed by atoms with van der Waals surface area (Å²) in [6.45, 7) is 5.93. The molecule has 0 spiro atoms. The van der Waals surface area contributed by atoms with Crippen LogP contribution >= 0.6 is 0 Å². The summed E-state index contributed by atoms with van der Waals surface area (Å²) in [7, 11) is 6.59. The number of rotatable bonds is 7. The average Bonchev–Trinajstić information content (AvgIpc) is 2.86. The lowest BCUT2D eigenvalue weighted by Gasteiger charge is -2.31. The lowest BCUT2D eigenvalue weighted by Crippen LogP contribution is -2.40. The standard InChI is InChI=1S/C18H31N3/c1-15(18(19-2)16-9-6-5-7-10-16)13-20(3)14-17-11-8-12-21(17)4/h5-7,9-10,15,17-19H,8,11-14H2,1-4H3. The Morgan fingerprint density at radius 2 is 2.05 bits per heavy atom. The SMILES string of the molecule is CNC(c1ccccc1)C(C)CN(C)CC1CCCN1C. The van der Waals surface area contributed by atoms with Crippen molar-refractivity contribution in [3.8, 4) is 0 Å². The van der Waals surface area contributed by atoms with Gasteiger partial charge in [-0.2, -0.15) is 0 Å². The monoisotopic (exact) mass is 289 g/mol. The van der Waals surface area contributed by atoms with E-state index in [1.165, 1.54) is 31.5 Å². The summed E-state index contributed by atoms with van der Waals surface area (Å²) in [5.41, 5.74) is 1.39. The number of nitrogens with one attached hydrogen (secondary N) is 1. The van der Waals surface area contributed by atoms with E-state index in [4.69, 9.17) is 0 Å². The molecule has 0 bridgehead atoms. The van der Waals surface area contributed by atoms with Gasteiger partial charge in [-0.15, -0.1) is 0 Å². The molecule has 0 saturated carbocycles. The van der Waals surface area contributed by atoms with Crippen LogP contribution in [0.4, 0.5) is 0 Å². The van der Waals surface area contributed by atoms with Crippen LogP contribution in [-0.4, -0.2) is 56.6 Å². The molecule has 0 aromatic heterocycles. The summed E-state index contributed by atoms with van der Waals surface area (Å²) in [4.78, 5) is 5.01. The largest absolute Gasteiger partial charge is 0.313 e. The van der Waals surface area contributed by atoms with Crippen molar-refractivity contribution >= 4 is 0 Å². The van der Waals surface area contributed by atoms with Crippen molar-refractivity contribution in [1.82, 2.24) is 15.1 Å². The van der Waals surface area contributed by atoms with Crippen molar-refractivity contribution in [2.24, 2.45) is 5.92 Å². The smallest absolute Gasteiger partial charge is 0.0355 e. The summed E-state index contributed by atoms with van der Waals surface area (Å²) < 4.78 is 0. The molecule has 1 aliphatic rings. The van der Waals surface area contributed by atoms with Crippen molar-refractivity contribution in [2.75, 3.05) is 40.8 Å². The number of hydrogen-bond acceptors (Lipinski definition) is 3. The molecule has 0 radical (unpaired) electrons. The van der Waals surface area contributed by atoms with Gasteiger partial charge in [0.15, 0.2) is 0 Å². The van der Waals surface area contributed by atoms with Gasteiger partial charge in [0.25, 0.3) is 0 Å². The minimum Gasteiger partial charge on any atom is -0.313 e. The van der Waals surface area contributed by atoms with Crippen LogP contribution in [0.15, 0.2) is 30.3 Å². The summed E-state index contributed by atoms with van der Waals surface area (Å²) in [6, 6.07) is 12.0. The minimum atomic E-state index is 0.426. The van der Waals surface area contributed by atoms with Crippen molar-refractivity contribution in [1.29, 1.82) is 0 Å². The van der Waals surface area contributed by atoms with E-state index in [1.54, 1.807) is 0 Å². The van der Waals surface area contributed by atoms with Crippen molar-refractivity contribution in [2.45, 2.75) is 31.8 Å². The molecule has 1 aliphatic heterocycles. The fourth-order valence-corrected chi connectivity index (χ4v) is 3.68. The molecular weight excluding hydrogens is 258 g/mol. The van der Waals surface area contributed by atoms with Crippen molar-refractivity contribution < 1.29 is 0 Å². The summed E-state index contributed by atoms with van der Waals surface area (Å²) in [6.07, 6.45) is 2.71. The Bertz CT molecular complexity index is 406. The number of nitrogens with zero attached hydrogens (tertiary/aromatic N) is 2. The van der Waals surface area contributed by atoms with Gasteiger partial charge in [0, 0.05) is 25.2 Å². The first-order chi connectivity index (χ1) is 10.1. The number of benzene rings is 1. The van der Waals surface area contributed by atoms with Crippen molar-refractivity contribution in [3.05, 3.63) is 35.9 Å². The molecule has 118 valence electrons. The van der Waals surface area contributed by atoms with Gasteiger partial charge in [0.2, 0.25) is 0 Å². The van der Waals surface area contributed by atoms with Crippen LogP contribution in [0.5, 0.6) is 0 Å². The van der Waals surface area contributed by atoms with Crippen LogP contribution in [0.2, 0.25) is 0 Å². The number of hydrogen-bond donors (Lipinski definition) is 1. The molecule has 1 aromatic rings. The van der Waals surface area contributed by atoms with Gasteiger partial charge in [-0.25, -0.2) is 0 Å². The molecule has 3 heteroatoms. The van der Waals surface area contributed by atoms with E-state index in [-0.39, 0.29) is 0 Å². The van der Waals surface area contributed by atoms with E-state index in [9.17, 15) is 0 Å². The van der Waals surface area contributed by atoms with Crippen LogP contribution in [-0.2, 0) is 0 Å². The summed E-state index contributed by atoms with van der Waals surface area (Å²) in [5, 5.41) is 3.49. The third kappa shape index (κ3) is 4.53. The Morgan fingerprint density at radius 1 is 1.33 bits per heavy atom. The predicted molar refractivity (Wildman–Crippen MR) is 90.6 cm³/mol. The third-order valence-electron chi connectivity index (χ3n) is 4.83. The molecule has 1 fully saturated rings. The highest BCUT2D eigenvalue weighted by Crippen LogP contribution is 2.23. The Morgan fingerprint density at radius 3 is 2.62 bits per heavy atom. The predicted octanol–water partition coefficient (Wildman–Crippen LogP) is 2.61. The average molecular weight is 289 g/mol. The quantitative estimate of drug-likeness (QED) is 0.832. The van der Waals surface area contributed by atoms with Gasteiger partial charge in [0.05, 0.1) is 0 Å². The first-order valence-electron chi connectivity index (χ1n) is 8.22. The highest BCUT2D eigenvalue weighted by Gasteiger charge is 2.24. The van der Waals surface area contributed by atoms with Crippen LogP contribution in [0.25, 0.3) is 0 Å². The third-order valence-corrected chi connectivity index (χ3v) is 4.83. The molecule has 3 nitrogen and oxygen atoms in total. The van der Waals surface area contributed by atoms with Gasteiger partial charge in [-0.1, -0.05) is 37.3 Å². The van der Waals surface area contributed by atoms with Crippen molar-refractivity contribution in [3.63, 3.8) is 0 Å². The van der Waals surface area contributed by atoms with E-state index >= 15 is 0 Å². The number of likely N-dealkylation sites (tertiary alicyclic amines) is 1. The minimum absolute atomic E-state index is 0.426. The molecule has 1 heterocycles. The maximum Gasteiger partial charge on any atom is 0.0355 e. The molecular formula is C18H31N3. The topological polar surface area (TPSA) is 18.5 Å². The Balaban J connectivity index is 1.88. The maximum atomic E-state index is 3.49. The summed E-state index contributed by atoms with van der Waals surface area (Å²) >= 11 is 0. The zero-order valence-corrected chi connectivity index (χ0v) is 14.0. The number of likely N-dealkylation sites (N-methyl/N-ethyl adjacent to an activating group) is 2. The van der Waals surface area contributed by atoms with Crippen LogP contribution in [0, 0.1) is 5.92 Å². The zero-order valence-electron chi connectivity index (χ0n) is 14.0. The first-order valence-corrected chi connectivity index (χ1v) is 8.22. The second kappa shape index (κ2) is 7.92. The normalized spacial score (nSPS) is 22.6. The Hall–Kier alpha value is -0.900. The molecule has 3 atom stereocenters. The van der Waals surface area contributed by atoms with E-state index in [1.807, 2.05) is 0 Å².